The molecule has 0 fully saturated rings. The van der Waals surface area contributed by atoms with Gasteiger partial charge in [-0.05, 0) is 36.4 Å². The predicted octanol–water partition coefficient (Wildman–Crippen LogP) is 3.17. The highest BCUT2D eigenvalue weighted by atomic mass is 19.1. The van der Waals surface area contributed by atoms with E-state index in [1.807, 2.05) is 18.2 Å². The fraction of sp³-hybridized carbons (Fsp3) is 0.150. The second-order valence-electron chi connectivity index (χ2n) is 6.31. The highest BCUT2D eigenvalue weighted by molar-refractivity contribution is 5.89. The molecule has 4 rings (SSSR count). The number of aromatic amines is 1. The highest BCUT2D eigenvalue weighted by Gasteiger charge is 2.24. The Morgan fingerprint density at radius 1 is 1.11 bits per heavy atom. The van der Waals surface area contributed by atoms with E-state index >= 15 is 0 Å². The quantitative estimate of drug-likeness (QED) is 0.733. The van der Waals surface area contributed by atoms with Crippen molar-refractivity contribution in [3.8, 4) is 11.4 Å². The first-order valence-corrected chi connectivity index (χ1v) is 8.59. The van der Waals surface area contributed by atoms with Crippen LogP contribution in [0.1, 0.15) is 11.3 Å². The molecule has 2 amide bonds. The van der Waals surface area contributed by atoms with Crippen LogP contribution >= 0.6 is 0 Å². The van der Waals surface area contributed by atoms with E-state index in [0.717, 1.165) is 0 Å². The zero-order valence-electron chi connectivity index (χ0n) is 14.4. The first kappa shape index (κ1) is 17.0. The van der Waals surface area contributed by atoms with Gasteiger partial charge in [0.15, 0.2) is 0 Å². The number of urea groups is 1. The maximum atomic E-state index is 13.1. The van der Waals surface area contributed by atoms with E-state index in [-0.39, 0.29) is 24.0 Å². The van der Waals surface area contributed by atoms with Crippen molar-refractivity contribution in [1.82, 2.24) is 14.9 Å². The van der Waals surface area contributed by atoms with Gasteiger partial charge in [-0.3, -0.25) is 4.79 Å². The number of H-pyrrole nitrogens is 1. The predicted molar refractivity (Wildman–Crippen MR) is 99.8 cm³/mol. The topological polar surface area (TPSA) is 78.1 Å². The van der Waals surface area contributed by atoms with Gasteiger partial charge in [0.1, 0.15) is 11.6 Å². The summed E-state index contributed by atoms with van der Waals surface area (Å²) in [6.07, 6.45) is 0.482. The van der Waals surface area contributed by atoms with Crippen molar-refractivity contribution in [3.63, 3.8) is 0 Å². The summed E-state index contributed by atoms with van der Waals surface area (Å²) in [7, 11) is 0. The standard InChI is InChI=1S/C20H17FN4O2/c21-14-8-6-13(7-9-14)18-23-17-10-11-25(12-16(17)19(26)24-18)20(27)22-15-4-2-1-3-5-15/h1-9H,10-12H2,(H,22,27)(H,23,24,26). The lowest BCUT2D eigenvalue weighted by Gasteiger charge is -2.28. The Morgan fingerprint density at radius 3 is 2.59 bits per heavy atom. The van der Waals surface area contributed by atoms with E-state index in [4.69, 9.17) is 0 Å². The minimum absolute atomic E-state index is 0.194. The number of carbonyl (C=O) groups is 1. The molecule has 6 nitrogen and oxygen atoms in total. The third-order valence-electron chi connectivity index (χ3n) is 4.50. The fourth-order valence-corrected chi connectivity index (χ4v) is 3.07. The van der Waals surface area contributed by atoms with E-state index in [1.54, 1.807) is 29.2 Å². The smallest absolute Gasteiger partial charge is 0.320 e. The number of para-hydroxylation sites is 1. The monoisotopic (exact) mass is 364 g/mol. The number of fused-ring (bicyclic) bond motifs is 1. The molecule has 0 bridgehead atoms. The summed E-state index contributed by atoms with van der Waals surface area (Å²) >= 11 is 0. The van der Waals surface area contributed by atoms with Crippen LogP contribution in [-0.4, -0.2) is 27.4 Å². The molecule has 0 radical (unpaired) electrons. The Bertz CT molecular complexity index is 1030. The second-order valence-corrected chi connectivity index (χ2v) is 6.31. The Kier molecular flexibility index (Phi) is 4.42. The van der Waals surface area contributed by atoms with Crippen LogP contribution in [-0.2, 0) is 13.0 Å². The molecule has 1 aliphatic rings. The second kappa shape index (κ2) is 7.03. The highest BCUT2D eigenvalue weighted by Crippen LogP contribution is 2.19. The number of halogens is 1. The van der Waals surface area contributed by atoms with E-state index < -0.39 is 0 Å². The number of anilines is 1. The molecule has 0 saturated carbocycles. The van der Waals surface area contributed by atoms with Crippen LogP contribution in [0.15, 0.2) is 59.4 Å². The zero-order valence-corrected chi connectivity index (χ0v) is 14.4. The van der Waals surface area contributed by atoms with Crippen molar-refractivity contribution in [2.24, 2.45) is 0 Å². The van der Waals surface area contributed by atoms with Gasteiger partial charge in [-0.2, -0.15) is 0 Å². The normalized spacial score (nSPS) is 13.1. The van der Waals surface area contributed by atoms with Gasteiger partial charge in [0, 0.05) is 24.2 Å². The summed E-state index contributed by atoms with van der Waals surface area (Å²) in [4.78, 5) is 33.8. The van der Waals surface area contributed by atoms with Gasteiger partial charge in [-0.15, -0.1) is 0 Å². The molecule has 0 aliphatic carbocycles. The van der Waals surface area contributed by atoms with E-state index in [1.165, 1.54) is 12.1 Å². The van der Waals surface area contributed by atoms with Crippen molar-refractivity contribution < 1.29 is 9.18 Å². The lowest BCUT2D eigenvalue weighted by molar-refractivity contribution is 0.205. The molecule has 1 aliphatic heterocycles. The molecular formula is C20H17FN4O2. The molecule has 2 N–H and O–H groups in total. The van der Waals surface area contributed by atoms with Crippen LogP contribution in [0.3, 0.4) is 0 Å². The summed E-state index contributed by atoms with van der Waals surface area (Å²) in [5, 5.41) is 2.82. The SMILES string of the molecule is O=C(Nc1ccccc1)N1CCc2nc(-c3ccc(F)cc3)[nH]c(=O)c2C1. The molecule has 2 aromatic carbocycles. The van der Waals surface area contributed by atoms with Crippen molar-refractivity contribution in [3.05, 3.63) is 82.0 Å². The van der Waals surface area contributed by atoms with Crippen LogP contribution in [0.2, 0.25) is 0 Å². The van der Waals surface area contributed by atoms with Crippen molar-refractivity contribution in [1.29, 1.82) is 0 Å². The Hall–Kier alpha value is -3.48. The van der Waals surface area contributed by atoms with Gasteiger partial charge < -0.3 is 15.2 Å². The van der Waals surface area contributed by atoms with Gasteiger partial charge in [0.25, 0.3) is 5.56 Å². The Labute approximate surface area is 154 Å². The molecule has 0 unspecified atom stereocenters. The van der Waals surface area contributed by atoms with Crippen molar-refractivity contribution >= 4 is 11.7 Å². The molecule has 2 heterocycles. The number of hydrogen-bond donors (Lipinski definition) is 2. The number of nitrogens with zero attached hydrogens (tertiary/aromatic N) is 2. The fourth-order valence-electron chi connectivity index (χ4n) is 3.07. The number of benzene rings is 2. The molecule has 7 heteroatoms. The minimum Gasteiger partial charge on any atom is -0.320 e. The van der Waals surface area contributed by atoms with E-state index in [9.17, 15) is 14.0 Å². The maximum Gasteiger partial charge on any atom is 0.322 e. The van der Waals surface area contributed by atoms with Crippen LogP contribution in [0.25, 0.3) is 11.4 Å². The molecule has 3 aromatic rings. The first-order valence-electron chi connectivity index (χ1n) is 8.59. The first-order chi connectivity index (χ1) is 13.1. The molecule has 1 aromatic heterocycles. The summed E-state index contributed by atoms with van der Waals surface area (Å²) in [5.74, 6) is 0.0556. The van der Waals surface area contributed by atoms with Gasteiger partial charge in [-0.1, -0.05) is 18.2 Å². The summed E-state index contributed by atoms with van der Waals surface area (Å²) in [6.45, 7) is 0.658. The van der Waals surface area contributed by atoms with E-state index in [0.29, 0.717) is 41.3 Å². The number of aromatic nitrogens is 2. The van der Waals surface area contributed by atoms with Crippen molar-refractivity contribution in [2.75, 3.05) is 11.9 Å². The van der Waals surface area contributed by atoms with Crippen LogP contribution in [0.5, 0.6) is 0 Å². The van der Waals surface area contributed by atoms with Crippen LogP contribution in [0.4, 0.5) is 14.9 Å². The molecule has 0 spiro atoms. The lowest BCUT2D eigenvalue weighted by atomic mass is 10.1. The number of amides is 2. The Balaban J connectivity index is 1.55. The average molecular weight is 364 g/mol. The van der Waals surface area contributed by atoms with E-state index in [2.05, 4.69) is 15.3 Å². The van der Waals surface area contributed by atoms with Crippen LogP contribution in [0, 0.1) is 5.82 Å². The number of hydrogen-bond acceptors (Lipinski definition) is 3. The minimum atomic E-state index is -0.348. The third-order valence-corrected chi connectivity index (χ3v) is 4.50. The molecule has 27 heavy (non-hydrogen) atoms. The van der Waals surface area contributed by atoms with Gasteiger partial charge in [-0.25, -0.2) is 14.2 Å². The summed E-state index contributed by atoms with van der Waals surface area (Å²) < 4.78 is 13.1. The summed E-state index contributed by atoms with van der Waals surface area (Å²) in [6, 6.07) is 14.7. The molecular weight excluding hydrogens is 347 g/mol. The number of rotatable bonds is 2. The largest absolute Gasteiger partial charge is 0.322 e. The maximum absolute atomic E-state index is 13.1. The molecule has 0 atom stereocenters. The average Bonchev–Trinajstić information content (AvgIpc) is 2.69. The Morgan fingerprint density at radius 2 is 1.85 bits per heavy atom. The van der Waals surface area contributed by atoms with Crippen molar-refractivity contribution in [2.45, 2.75) is 13.0 Å². The zero-order chi connectivity index (χ0) is 18.8. The van der Waals surface area contributed by atoms with Gasteiger partial charge in [0.05, 0.1) is 17.8 Å². The number of nitrogens with one attached hydrogen (secondary N) is 2. The lowest BCUT2D eigenvalue weighted by Crippen LogP contribution is -2.41. The van der Waals surface area contributed by atoms with Crippen LogP contribution < -0.4 is 10.9 Å². The van der Waals surface area contributed by atoms with Gasteiger partial charge in [0.2, 0.25) is 0 Å². The summed E-state index contributed by atoms with van der Waals surface area (Å²) in [5.41, 5.74) is 2.21. The third kappa shape index (κ3) is 3.57. The van der Waals surface area contributed by atoms with Gasteiger partial charge >= 0.3 is 6.03 Å². The molecule has 0 saturated heterocycles. The number of carbonyl (C=O) groups excluding carboxylic acids is 1. The molecule has 136 valence electrons.